The van der Waals surface area contributed by atoms with Crippen LogP contribution in [0.25, 0.3) is 0 Å². The summed E-state index contributed by atoms with van der Waals surface area (Å²) in [4.78, 5) is 43.0. The molecule has 0 saturated heterocycles. The molecule has 0 unspecified atom stereocenters. The molecule has 3 atom stereocenters. The first kappa shape index (κ1) is 57.4. The standard InChI is InChI=1S/C49H85O10P/c1-3-5-7-8-9-10-11-12-13-14-15-16-17-18-19-20-21-22-23-27-35-41-48(52)57-43-47(44-58-60(54,55)56)59-49(53)42-36-28-25-24-26-32-38-46(51)40-34-30-29-33-39-45(50)37-31-6-4-2/h6,25-26,28-34,39-40,45-47,50-51H,3-5,7-24,27,35-38,41-44H2,1-2H3,(H2,54,55,56)/b28-25-,30-29-,31-6-,32-26-,39-33+,40-34+/t45-,46+,47+/m0/s1. The van der Waals surface area contributed by atoms with E-state index in [1.165, 1.54) is 109 Å². The molecule has 0 aromatic heterocycles. The van der Waals surface area contributed by atoms with Crippen LogP contribution in [0.15, 0.2) is 72.9 Å². The SMILES string of the molecule is CC/C=C\C[C@H](O)/C=C/C=C\C=C\[C@H](O)C/C=C\C/C=C\CCC(=O)O[C@H](COC(=O)CCCCCCCCCCCCCCCCCCCCCCC)COP(=O)(O)O. The molecule has 0 spiro atoms. The van der Waals surface area contributed by atoms with Crippen LogP contribution in [0.4, 0.5) is 0 Å². The van der Waals surface area contributed by atoms with E-state index in [0.29, 0.717) is 32.1 Å². The van der Waals surface area contributed by atoms with Crippen molar-refractivity contribution in [3.8, 4) is 0 Å². The molecule has 0 amide bonds. The smallest absolute Gasteiger partial charge is 0.462 e. The lowest BCUT2D eigenvalue weighted by Gasteiger charge is -2.18. The van der Waals surface area contributed by atoms with Crippen molar-refractivity contribution in [3.05, 3.63) is 72.9 Å². The summed E-state index contributed by atoms with van der Waals surface area (Å²) in [7, 11) is -4.81. The molecule has 0 bridgehead atoms. The van der Waals surface area contributed by atoms with E-state index in [-0.39, 0.29) is 19.4 Å². The predicted octanol–water partition coefficient (Wildman–Crippen LogP) is 12.6. The Labute approximate surface area is 365 Å². The average Bonchev–Trinajstić information content (AvgIpc) is 3.21. The number of unbranched alkanes of at least 4 members (excludes halogenated alkanes) is 20. The van der Waals surface area contributed by atoms with Gasteiger partial charge in [0.15, 0.2) is 6.10 Å². The zero-order chi connectivity index (χ0) is 44.2. The molecule has 0 fully saturated rings. The molecule has 0 radical (unpaired) electrons. The van der Waals surface area contributed by atoms with Gasteiger partial charge < -0.3 is 29.5 Å². The van der Waals surface area contributed by atoms with Crippen LogP contribution in [0.3, 0.4) is 0 Å². The largest absolute Gasteiger partial charge is 0.469 e. The maximum absolute atomic E-state index is 12.4. The van der Waals surface area contributed by atoms with Gasteiger partial charge in [-0.05, 0) is 38.5 Å². The van der Waals surface area contributed by atoms with Crippen LogP contribution < -0.4 is 0 Å². The zero-order valence-electron chi connectivity index (χ0n) is 37.6. The van der Waals surface area contributed by atoms with Gasteiger partial charge >= 0.3 is 19.8 Å². The number of phosphoric ester groups is 1. The van der Waals surface area contributed by atoms with Crippen molar-refractivity contribution >= 4 is 19.8 Å². The first-order valence-electron chi connectivity index (χ1n) is 23.4. The topological polar surface area (TPSA) is 160 Å². The van der Waals surface area contributed by atoms with Gasteiger partial charge in [0.05, 0.1) is 18.8 Å². The van der Waals surface area contributed by atoms with Crippen molar-refractivity contribution in [3.63, 3.8) is 0 Å². The molecule has 0 aromatic carbocycles. The third-order valence-corrected chi connectivity index (χ3v) is 10.4. The molecular weight excluding hydrogens is 780 g/mol. The lowest BCUT2D eigenvalue weighted by molar-refractivity contribution is -0.161. The molecule has 0 saturated carbocycles. The minimum atomic E-state index is -4.81. The molecule has 10 nitrogen and oxygen atoms in total. The molecule has 0 aliphatic carbocycles. The molecular formula is C49H85O10P. The Kier molecular flexibility index (Phi) is 41.2. The highest BCUT2D eigenvalue weighted by molar-refractivity contribution is 7.46. The minimum Gasteiger partial charge on any atom is -0.462 e. The van der Waals surface area contributed by atoms with Gasteiger partial charge in [0.1, 0.15) is 6.61 Å². The summed E-state index contributed by atoms with van der Waals surface area (Å²) in [5, 5.41) is 19.9. The maximum atomic E-state index is 12.4. The summed E-state index contributed by atoms with van der Waals surface area (Å²) >= 11 is 0. The maximum Gasteiger partial charge on any atom is 0.469 e. The van der Waals surface area contributed by atoms with Gasteiger partial charge in [0, 0.05) is 12.8 Å². The number of aliphatic hydroxyl groups is 2. The van der Waals surface area contributed by atoms with Crippen LogP contribution in [0.5, 0.6) is 0 Å². The highest BCUT2D eigenvalue weighted by Gasteiger charge is 2.22. The molecule has 0 aliphatic rings. The highest BCUT2D eigenvalue weighted by atomic mass is 31.2. The van der Waals surface area contributed by atoms with Crippen LogP contribution in [-0.2, 0) is 28.2 Å². The van der Waals surface area contributed by atoms with E-state index >= 15 is 0 Å². The van der Waals surface area contributed by atoms with Crippen LogP contribution in [0.1, 0.15) is 194 Å². The van der Waals surface area contributed by atoms with Gasteiger partial charge in [-0.15, -0.1) is 0 Å². The van der Waals surface area contributed by atoms with Crippen LogP contribution in [0.2, 0.25) is 0 Å². The quantitative estimate of drug-likeness (QED) is 0.0153. The normalized spacial score (nSPS) is 14.2. The Morgan fingerprint density at radius 1 is 0.533 bits per heavy atom. The summed E-state index contributed by atoms with van der Waals surface area (Å²) in [6.07, 6.45) is 49.9. The third-order valence-electron chi connectivity index (χ3n) is 9.92. The van der Waals surface area contributed by atoms with E-state index in [2.05, 4.69) is 11.4 Å². The number of carbonyl (C=O) groups is 2. The molecule has 346 valence electrons. The van der Waals surface area contributed by atoms with Gasteiger partial charge in [-0.2, -0.15) is 0 Å². The fourth-order valence-corrected chi connectivity index (χ4v) is 6.76. The first-order valence-corrected chi connectivity index (χ1v) is 25.0. The van der Waals surface area contributed by atoms with Crippen molar-refractivity contribution in [1.82, 2.24) is 0 Å². The monoisotopic (exact) mass is 865 g/mol. The molecule has 0 heterocycles. The minimum absolute atomic E-state index is 0.0289. The Morgan fingerprint density at radius 3 is 1.45 bits per heavy atom. The van der Waals surface area contributed by atoms with E-state index in [9.17, 15) is 24.4 Å². The Bertz CT molecular complexity index is 1230. The van der Waals surface area contributed by atoms with Crippen LogP contribution in [0, 0.1) is 0 Å². The summed E-state index contributed by atoms with van der Waals surface area (Å²) in [6, 6.07) is 0. The fraction of sp³-hybridized carbons (Fsp3) is 0.714. The summed E-state index contributed by atoms with van der Waals surface area (Å²) < 4.78 is 26.3. The number of hydrogen-bond donors (Lipinski definition) is 4. The van der Waals surface area contributed by atoms with Crippen LogP contribution >= 0.6 is 7.82 Å². The van der Waals surface area contributed by atoms with E-state index in [0.717, 1.165) is 25.7 Å². The summed E-state index contributed by atoms with van der Waals surface area (Å²) in [6.45, 7) is 3.37. The molecule has 60 heavy (non-hydrogen) atoms. The molecule has 4 N–H and O–H groups in total. The van der Waals surface area contributed by atoms with E-state index in [4.69, 9.17) is 19.3 Å². The molecule has 0 aliphatic heterocycles. The van der Waals surface area contributed by atoms with Gasteiger partial charge in [-0.25, -0.2) is 4.57 Å². The van der Waals surface area contributed by atoms with E-state index in [1.54, 1.807) is 36.5 Å². The van der Waals surface area contributed by atoms with Gasteiger partial charge in [-0.3, -0.25) is 14.1 Å². The number of aliphatic hydroxyl groups excluding tert-OH is 2. The van der Waals surface area contributed by atoms with Crippen LogP contribution in [-0.4, -0.2) is 63.5 Å². The number of carbonyl (C=O) groups excluding carboxylic acids is 2. The Morgan fingerprint density at radius 2 is 0.983 bits per heavy atom. The second kappa shape index (κ2) is 43.1. The van der Waals surface area contributed by atoms with E-state index < -0.39 is 44.7 Å². The van der Waals surface area contributed by atoms with Gasteiger partial charge in [0.2, 0.25) is 0 Å². The van der Waals surface area contributed by atoms with Crippen molar-refractivity contribution in [2.45, 2.75) is 212 Å². The number of ether oxygens (including phenoxy) is 2. The van der Waals surface area contributed by atoms with Gasteiger partial charge in [0.25, 0.3) is 0 Å². The molecule has 0 aromatic rings. The first-order chi connectivity index (χ1) is 29.1. The zero-order valence-corrected chi connectivity index (χ0v) is 38.5. The number of esters is 2. The predicted molar refractivity (Wildman–Crippen MR) is 246 cm³/mol. The summed E-state index contributed by atoms with van der Waals surface area (Å²) in [5.41, 5.74) is 0. The summed E-state index contributed by atoms with van der Waals surface area (Å²) in [5.74, 6) is -1.05. The number of phosphoric acid groups is 1. The number of hydrogen-bond acceptors (Lipinski definition) is 8. The van der Waals surface area contributed by atoms with Crippen molar-refractivity contribution < 1.29 is 48.2 Å². The second-order valence-corrected chi connectivity index (χ2v) is 17.0. The fourth-order valence-electron chi connectivity index (χ4n) is 6.40. The second-order valence-electron chi connectivity index (χ2n) is 15.8. The van der Waals surface area contributed by atoms with Gasteiger partial charge in [-0.1, -0.05) is 215 Å². The van der Waals surface area contributed by atoms with Crippen molar-refractivity contribution in [2.75, 3.05) is 13.2 Å². The lowest BCUT2D eigenvalue weighted by atomic mass is 10.0. The number of rotatable bonds is 42. The van der Waals surface area contributed by atoms with Crippen molar-refractivity contribution in [2.24, 2.45) is 0 Å². The van der Waals surface area contributed by atoms with E-state index in [1.807, 2.05) is 43.4 Å². The average molecular weight is 865 g/mol. The number of allylic oxidation sites excluding steroid dienone is 8. The lowest BCUT2D eigenvalue weighted by Crippen LogP contribution is -2.29. The third kappa shape index (κ3) is 44.9. The Balaban J connectivity index is 4.06. The molecule has 11 heteroatoms. The Hall–Kier alpha value is -2.59. The van der Waals surface area contributed by atoms with Crippen molar-refractivity contribution in [1.29, 1.82) is 0 Å². The highest BCUT2D eigenvalue weighted by Crippen LogP contribution is 2.36. The molecule has 0 rings (SSSR count).